The second kappa shape index (κ2) is 9.34. The molecule has 146 valence electrons. The van der Waals surface area contributed by atoms with Gasteiger partial charge in [0.2, 0.25) is 5.43 Å². The summed E-state index contributed by atoms with van der Waals surface area (Å²) in [6, 6.07) is 12.1. The molecule has 3 aromatic rings. The summed E-state index contributed by atoms with van der Waals surface area (Å²) in [6.07, 6.45) is 3.23. The van der Waals surface area contributed by atoms with Crippen LogP contribution in [0.3, 0.4) is 0 Å². The van der Waals surface area contributed by atoms with Crippen LogP contribution in [0.5, 0.6) is 0 Å². The van der Waals surface area contributed by atoms with Crippen molar-refractivity contribution in [2.75, 3.05) is 11.9 Å². The van der Waals surface area contributed by atoms with Crippen LogP contribution in [0.2, 0.25) is 5.02 Å². The summed E-state index contributed by atoms with van der Waals surface area (Å²) in [7, 11) is 0. The van der Waals surface area contributed by atoms with Crippen LogP contribution < -0.4 is 10.7 Å². The Morgan fingerprint density at radius 2 is 1.93 bits per heavy atom. The van der Waals surface area contributed by atoms with Gasteiger partial charge in [-0.2, -0.15) is 0 Å². The third-order valence-electron chi connectivity index (χ3n) is 4.41. The Bertz CT molecular complexity index is 1050. The Morgan fingerprint density at radius 1 is 1.18 bits per heavy atom. The first-order valence-electron chi connectivity index (χ1n) is 8.91. The van der Waals surface area contributed by atoms with Gasteiger partial charge < -0.3 is 9.88 Å². The van der Waals surface area contributed by atoms with Gasteiger partial charge in [0.1, 0.15) is 11.4 Å². The summed E-state index contributed by atoms with van der Waals surface area (Å²) in [5.41, 5.74) is 0.949. The lowest BCUT2D eigenvalue weighted by Gasteiger charge is -2.14. The summed E-state index contributed by atoms with van der Waals surface area (Å²) in [6.45, 7) is 0.888. The molecule has 28 heavy (non-hydrogen) atoms. The fourth-order valence-corrected chi connectivity index (χ4v) is 3.53. The van der Waals surface area contributed by atoms with E-state index in [-0.39, 0.29) is 16.0 Å². The van der Waals surface area contributed by atoms with Crippen molar-refractivity contribution in [1.29, 1.82) is 0 Å². The molecule has 0 atom stereocenters. The lowest BCUT2D eigenvalue weighted by atomic mass is 10.1. The maximum atomic E-state index is 14.0. The van der Waals surface area contributed by atoms with Crippen LogP contribution in [-0.2, 0) is 6.54 Å². The van der Waals surface area contributed by atoms with E-state index in [0.29, 0.717) is 18.6 Å². The summed E-state index contributed by atoms with van der Waals surface area (Å²) in [4.78, 5) is 25.4. The summed E-state index contributed by atoms with van der Waals surface area (Å²) < 4.78 is 15.8. The predicted molar refractivity (Wildman–Crippen MR) is 114 cm³/mol. The molecule has 1 aromatic heterocycles. The normalized spacial score (nSPS) is 11.0. The molecule has 1 amide bonds. The number of fused-ring (bicyclic) bond motifs is 1. The predicted octanol–water partition coefficient (Wildman–Crippen LogP) is 4.75. The Balaban J connectivity index is 2.06. The van der Waals surface area contributed by atoms with Gasteiger partial charge in [-0.3, -0.25) is 9.59 Å². The number of pyridine rings is 1. The molecule has 0 aliphatic heterocycles. The Labute approximate surface area is 175 Å². The van der Waals surface area contributed by atoms with Crippen LogP contribution in [0.1, 0.15) is 28.8 Å². The largest absolute Gasteiger partial charge is 0.352 e. The van der Waals surface area contributed by atoms with Crippen LogP contribution in [0.4, 0.5) is 4.39 Å². The highest BCUT2D eigenvalue weighted by Gasteiger charge is 2.17. The van der Waals surface area contributed by atoms with Crippen molar-refractivity contribution in [2.45, 2.75) is 19.4 Å². The quantitative estimate of drug-likeness (QED) is 0.404. The molecular weight excluding hydrogens is 447 g/mol. The zero-order chi connectivity index (χ0) is 20.1. The molecule has 1 N–H and O–H groups in total. The van der Waals surface area contributed by atoms with Gasteiger partial charge in [0, 0.05) is 30.0 Å². The first kappa shape index (κ1) is 20.6. The fraction of sp³-hybridized carbons (Fsp3) is 0.238. The van der Waals surface area contributed by atoms with Crippen molar-refractivity contribution in [3.8, 4) is 0 Å². The van der Waals surface area contributed by atoms with E-state index in [1.807, 2.05) is 30.3 Å². The maximum absolute atomic E-state index is 14.0. The van der Waals surface area contributed by atoms with E-state index in [1.165, 1.54) is 12.3 Å². The van der Waals surface area contributed by atoms with Crippen molar-refractivity contribution >= 4 is 44.3 Å². The number of alkyl halides is 1. The van der Waals surface area contributed by atoms with Gasteiger partial charge in [0.05, 0.1) is 10.5 Å². The van der Waals surface area contributed by atoms with Crippen LogP contribution in [-0.4, -0.2) is 22.3 Å². The zero-order valence-electron chi connectivity index (χ0n) is 15.1. The van der Waals surface area contributed by atoms with Crippen molar-refractivity contribution in [3.05, 3.63) is 80.9 Å². The summed E-state index contributed by atoms with van der Waals surface area (Å²) in [5, 5.41) is 3.68. The topological polar surface area (TPSA) is 51.1 Å². The van der Waals surface area contributed by atoms with Gasteiger partial charge in [0.25, 0.3) is 5.91 Å². The monoisotopic (exact) mass is 464 g/mol. The highest BCUT2D eigenvalue weighted by molar-refractivity contribution is 9.09. The van der Waals surface area contributed by atoms with Gasteiger partial charge in [-0.25, -0.2) is 4.39 Å². The maximum Gasteiger partial charge on any atom is 0.256 e. The molecule has 0 aliphatic rings. The number of benzene rings is 2. The zero-order valence-corrected chi connectivity index (χ0v) is 17.4. The Hall–Kier alpha value is -2.18. The molecule has 0 fully saturated rings. The number of nitrogens with zero attached hydrogens (tertiary/aromatic N) is 1. The van der Waals surface area contributed by atoms with Crippen molar-refractivity contribution in [3.63, 3.8) is 0 Å². The minimum Gasteiger partial charge on any atom is -0.352 e. The van der Waals surface area contributed by atoms with Crippen LogP contribution in [0.15, 0.2) is 53.5 Å². The van der Waals surface area contributed by atoms with E-state index < -0.39 is 17.2 Å². The number of aromatic nitrogens is 1. The van der Waals surface area contributed by atoms with E-state index in [4.69, 9.17) is 11.6 Å². The molecule has 7 heteroatoms. The number of carbonyl (C=O) groups is 1. The minimum atomic E-state index is -0.688. The number of unbranched alkanes of at least 4 members (excludes halogenated alkanes) is 1. The molecule has 3 rings (SSSR count). The van der Waals surface area contributed by atoms with Gasteiger partial charge in [0.15, 0.2) is 0 Å². The lowest BCUT2D eigenvalue weighted by molar-refractivity contribution is 0.0951. The molecule has 0 radical (unpaired) electrons. The van der Waals surface area contributed by atoms with Gasteiger partial charge >= 0.3 is 0 Å². The standard InChI is InChI=1S/C21H19BrClFN2O2/c22-8-4-5-9-25-21(28)16-13-26(12-14-6-2-1-3-7-14)19-11-17(23)18(24)10-15(19)20(16)27/h1-3,6-7,10-11,13H,4-5,8-9,12H2,(H,25,28). The van der Waals surface area contributed by atoms with Gasteiger partial charge in [-0.1, -0.05) is 57.9 Å². The molecule has 0 saturated carbocycles. The average molecular weight is 466 g/mol. The Morgan fingerprint density at radius 3 is 2.64 bits per heavy atom. The lowest BCUT2D eigenvalue weighted by Crippen LogP contribution is -2.30. The molecular formula is C21H19BrClFN2O2. The third-order valence-corrected chi connectivity index (χ3v) is 5.26. The molecule has 0 bridgehead atoms. The number of carbonyl (C=O) groups excluding carboxylic acids is 1. The van der Waals surface area contributed by atoms with Crippen molar-refractivity contribution in [1.82, 2.24) is 9.88 Å². The van der Waals surface area contributed by atoms with E-state index >= 15 is 0 Å². The Kier molecular flexibility index (Phi) is 6.86. The van der Waals surface area contributed by atoms with Gasteiger partial charge in [-0.05, 0) is 30.5 Å². The summed E-state index contributed by atoms with van der Waals surface area (Å²) >= 11 is 9.28. The van der Waals surface area contributed by atoms with Crippen LogP contribution in [0.25, 0.3) is 10.9 Å². The highest BCUT2D eigenvalue weighted by Crippen LogP contribution is 2.22. The molecule has 2 aromatic carbocycles. The van der Waals surface area contributed by atoms with E-state index in [1.54, 1.807) is 4.57 Å². The molecule has 4 nitrogen and oxygen atoms in total. The number of nitrogens with one attached hydrogen (secondary N) is 1. The second-order valence-electron chi connectivity index (χ2n) is 6.42. The molecule has 1 heterocycles. The highest BCUT2D eigenvalue weighted by atomic mass is 79.9. The number of rotatable bonds is 7. The molecule has 0 unspecified atom stereocenters. The second-order valence-corrected chi connectivity index (χ2v) is 7.62. The van der Waals surface area contributed by atoms with Crippen molar-refractivity contribution < 1.29 is 9.18 Å². The first-order chi connectivity index (χ1) is 13.5. The van der Waals surface area contributed by atoms with Crippen LogP contribution >= 0.6 is 27.5 Å². The minimum absolute atomic E-state index is 0.0102. The first-order valence-corrected chi connectivity index (χ1v) is 10.4. The fourth-order valence-electron chi connectivity index (χ4n) is 2.97. The third kappa shape index (κ3) is 4.62. The molecule has 0 spiro atoms. The number of hydrogen-bond donors (Lipinski definition) is 1. The van der Waals surface area contributed by atoms with Crippen LogP contribution in [0, 0.1) is 5.82 Å². The number of hydrogen-bond acceptors (Lipinski definition) is 2. The van der Waals surface area contributed by atoms with Gasteiger partial charge in [-0.15, -0.1) is 0 Å². The van der Waals surface area contributed by atoms with E-state index in [9.17, 15) is 14.0 Å². The molecule has 0 aliphatic carbocycles. The van der Waals surface area contributed by atoms with E-state index in [0.717, 1.165) is 29.8 Å². The number of halogens is 3. The molecule has 0 saturated heterocycles. The SMILES string of the molecule is O=C(NCCCCBr)c1cn(Cc2ccccc2)c2cc(Cl)c(F)cc2c1=O. The van der Waals surface area contributed by atoms with Crippen molar-refractivity contribution in [2.24, 2.45) is 0 Å². The smallest absolute Gasteiger partial charge is 0.256 e. The number of amides is 1. The van der Waals surface area contributed by atoms with E-state index in [2.05, 4.69) is 21.2 Å². The summed E-state index contributed by atoms with van der Waals surface area (Å²) in [5.74, 6) is -1.15. The average Bonchev–Trinajstić information content (AvgIpc) is 2.69.